The van der Waals surface area contributed by atoms with E-state index in [0.29, 0.717) is 0 Å². The molecule has 0 unspecified atom stereocenters. The fraction of sp³-hybridized carbons (Fsp3) is 0.364. The van der Waals surface area contributed by atoms with Gasteiger partial charge in [0.1, 0.15) is 5.82 Å². The third kappa shape index (κ3) is 3.88. The van der Waals surface area contributed by atoms with Crippen molar-refractivity contribution in [2.75, 3.05) is 13.6 Å². The summed E-state index contributed by atoms with van der Waals surface area (Å²) in [6, 6.07) is 10.9. The molecule has 0 bridgehead atoms. The Balaban J connectivity index is 0.00000210. The van der Waals surface area contributed by atoms with Gasteiger partial charge in [-0.3, -0.25) is 0 Å². The second-order valence-electron chi connectivity index (χ2n) is 7.08. The molecule has 0 aliphatic heterocycles. The molecule has 4 rings (SSSR count). The first-order valence-corrected chi connectivity index (χ1v) is 9.26. The van der Waals surface area contributed by atoms with Crippen LogP contribution >= 0.6 is 0 Å². The van der Waals surface area contributed by atoms with Crippen LogP contribution < -0.4 is 0 Å². The number of nitrogens with one attached hydrogen (secondary N) is 2. The molecule has 0 amide bonds. The molecule has 0 radical (unpaired) electrons. The Kier molecular flexibility index (Phi) is 5.61. The van der Waals surface area contributed by atoms with Gasteiger partial charge >= 0.3 is 0 Å². The van der Waals surface area contributed by atoms with Gasteiger partial charge in [-0.05, 0) is 56.8 Å². The van der Waals surface area contributed by atoms with E-state index in [4.69, 9.17) is 0 Å². The lowest BCUT2D eigenvalue weighted by atomic mass is 10.1. The number of unbranched alkanes of at least 4 members (excludes halogenated alkanes) is 1. The first kappa shape index (κ1) is 19.1. The molecule has 4 aromatic rings. The second-order valence-corrected chi connectivity index (χ2v) is 7.08. The number of benzene rings is 1. The van der Waals surface area contributed by atoms with Gasteiger partial charge in [-0.1, -0.05) is 26.8 Å². The summed E-state index contributed by atoms with van der Waals surface area (Å²) in [6.07, 6.45) is 4.30. The van der Waals surface area contributed by atoms with Crippen molar-refractivity contribution >= 4 is 22.1 Å². The van der Waals surface area contributed by atoms with Crippen LogP contribution in [0, 0.1) is 6.92 Å². The van der Waals surface area contributed by atoms with Crippen LogP contribution in [0.5, 0.6) is 0 Å². The molecule has 27 heavy (non-hydrogen) atoms. The highest BCUT2D eigenvalue weighted by Crippen LogP contribution is 2.29. The average molecular weight is 364 g/mol. The predicted molar refractivity (Wildman–Crippen MR) is 114 cm³/mol. The van der Waals surface area contributed by atoms with Crippen molar-refractivity contribution in [3.05, 3.63) is 47.9 Å². The van der Waals surface area contributed by atoms with Crippen LogP contribution in [-0.4, -0.2) is 38.4 Å². The van der Waals surface area contributed by atoms with Crippen molar-refractivity contribution in [2.45, 2.75) is 40.7 Å². The van der Waals surface area contributed by atoms with E-state index in [1.54, 1.807) is 0 Å². The summed E-state index contributed by atoms with van der Waals surface area (Å²) in [5, 5.41) is 1.24. The molecule has 0 saturated carbocycles. The number of rotatable bonds is 6. The van der Waals surface area contributed by atoms with E-state index < -0.39 is 0 Å². The molecule has 0 saturated heterocycles. The van der Waals surface area contributed by atoms with Crippen LogP contribution in [0.1, 0.15) is 38.6 Å². The van der Waals surface area contributed by atoms with Gasteiger partial charge in [0, 0.05) is 34.9 Å². The Labute approximate surface area is 160 Å². The van der Waals surface area contributed by atoms with Gasteiger partial charge in [0.25, 0.3) is 0 Å². The van der Waals surface area contributed by atoms with Gasteiger partial charge in [0.2, 0.25) is 0 Å². The Hall–Kier alpha value is -2.66. The fourth-order valence-corrected chi connectivity index (χ4v) is 3.50. The van der Waals surface area contributed by atoms with E-state index in [1.165, 1.54) is 23.8 Å². The molecular formula is C22H29N5. The number of imidazole rings is 1. The lowest BCUT2D eigenvalue weighted by molar-refractivity contribution is 0.321. The van der Waals surface area contributed by atoms with Crippen LogP contribution in [0.2, 0.25) is 0 Å². The van der Waals surface area contributed by atoms with Crippen molar-refractivity contribution in [3.8, 4) is 11.3 Å². The molecule has 0 atom stereocenters. The van der Waals surface area contributed by atoms with E-state index in [-0.39, 0.29) is 7.43 Å². The minimum atomic E-state index is 0. The molecule has 1 aromatic carbocycles. The van der Waals surface area contributed by atoms with E-state index in [2.05, 4.69) is 63.1 Å². The Morgan fingerprint density at radius 1 is 1.11 bits per heavy atom. The third-order valence-electron chi connectivity index (χ3n) is 4.83. The Morgan fingerprint density at radius 3 is 2.78 bits per heavy atom. The Bertz CT molecular complexity index is 1040. The van der Waals surface area contributed by atoms with Crippen LogP contribution in [0.4, 0.5) is 0 Å². The average Bonchev–Trinajstić information content (AvgIpc) is 3.21. The molecular weight excluding hydrogens is 334 g/mol. The fourth-order valence-electron chi connectivity index (χ4n) is 3.50. The number of hydrogen-bond acceptors (Lipinski definition) is 3. The maximum atomic E-state index is 4.44. The summed E-state index contributed by atoms with van der Waals surface area (Å²) in [6.45, 7) is 6.31. The third-order valence-corrected chi connectivity index (χ3v) is 4.83. The summed E-state index contributed by atoms with van der Waals surface area (Å²) < 4.78 is 0. The molecule has 142 valence electrons. The van der Waals surface area contributed by atoms with Crippen molar-refractivity contribution < 1.29 is 0 Å². The van der Waals surface area contributed by atoms with Gasteiger partial charge < -0.3 is 14.9 Å². The Morgan fingerprint density at radius 2 is 1.96 bits per heavy atom. The zero-order valence-electron chi connectivity index (χ0n) is 15.6. The normalized spacial score (nSPS) is 11.4. The largest absolute Gasteiger partial charge is 0.354 e. The number of pyridine rings is 1. The van der Waals surface area contributed by atoms with Crippen molar-refractivity contribution in [1.29, 1.82) is 0 Å². The van der Waals surface area contributed by atoms with Crippen LogP contribution in [0.25, 0.3) is 33.3 Å². The maximum Gasteiger partial charge on any atom is 0.178 e. The highest BCUT2D eigenvalue weighted by molar-refractivity contribution is 5.94. The highest BCUT2D eigenvalue weighted by atomic mass is 15.1. The summed E-state index contributed by atoms with van der Waals surface area (Å²) in [5.74, 6) is 0.883. The number of aromatic nitrogens is 4. The first-order valence-electron chi connectivity index (χ1n) is 9.26. The van der Waals surface area contributed by atoms with Gasteiger partial charge in [0.15, 0.2) is 5.65 Å². The van der Waals surface area contributed by atoms with Gasteiger partial charge in [-0.2, -0.15) is 0 Å². The minimum Gasteiger partial charge on any atom is -0.354 e. The second kappa shape index (κ2) is 7.92. The molecule has 0 aliphatic carbocycles. The summed E-state index contributed by atoms with van der Waals surface area (Å²) in [7, 11) is 2.19. The molecule has 2 N–H and O–H groups in total. The number of aryl methyl sites for hydroxylation is 1. The van der Waals surface area contributed by atoms with Gasteiger partial charge in [-0.25, -0.2) is 9.97 Å². The molecule has 3 heterocycles. The molecule has 0 fully saturated rings. The van der Waals surface area contributed by atoms with Gasteiger partial charge in [-0.15, -0.1) is 0 Å². The standard InChI is InChI=1S/C21H25N5.CH4/c1-4-5-10-26(3)13-15-6-7-18-16(11-15)12-19(25-18)17-8-9-22-21-20(17)23-14(2)24-21;/h6-9,11-12,25H,4-5,10,13H2,1-3H3,(H,22,23,24);1H4. The summed E-state index contributed by atoms with van der Waals surface area (Å²) in [5.41, 5.74) is 6.44. The van der Waals surface area contributed by atoms with Crippen LogP contribution in [0.3, 0.4) is 0 Å². The van der Waals surface area contributed by atoms with Crippen molar-refractivity contribution in [1.82, 2.24) is 24.8 Å². The van der Waals surface area contributed by atoms with Crippen LogP contribution in [0.15, 0.2) is 36.5 Å². The monoisotopic (exact) mass is 363 g/mol. The number of fused-ring (bicyclic) bond motifs is 2. The number of nitrogens with zero attached hydrogens (tertiary/aromatic N) is 3. The molecule has 5 nitrogen and oxygen atoms in total. The molecule has 0 spiro atoms. The van der Waals surface area contributed by atoms with E-state index in [0.717, 1.165) is 46.9 Å². The molecule has 0 aliphatic rings. The lowest BCUT2D eigenvalue weighted by Gasteiger charge is -2.16. The van der Waals surface area contributed by atoms with Crippen molar-refractivity contribution in [2.24, 2.45) is 0 Å². The quantitative estimate of drug-likeness (QED) is 0.490. The predicted octanol–water partition coefficient (Wildman–Crippen LogP) is 5.28. The molecule has 3 aromatic heterocycles. The highest BCUT2D eigenvalue weighted by Gasteiger charge is 2.11. The number of hydrogen-bond donors (Lipinski definition) is 2. The van der Waals surface area contributed by atoms with E-state index in [1.807, 2.05) is 19.2 Å². The summed E-state index contributed by atoms with van der Waals surface area (Å²) in [4.78, 5) is 18.0. The topological polar surface area (TPSA) is 60.6 Å². The van der Waals surface area contributed by atoms with Gasteiger partial charge in [0.05, 0.1) is 5.52 Å². The van der Waals surface area contributed by atoms with Crippen molar-refractivity contribution in [3.63, 3.8) is 0 Å². The van der Waals surface area contributed by atoms with Crippen LogP contribution in [-0.2, 0) is 6.54 Å². The first-order chi connectivity index (χ1) is 12.6. The summed E-state index contributed by atoms with van der Waals surface area (Å²) >= 11 is 0. The number of H-pyrrole nitrogens is 2. The smallest absolute Gasteiger partial charge is 0.178 e. The lowest BCUT2D eigenvalue weighted by Crippen LogP contribution is -2.18. The zero-order valence-corrected chi connectivity index (χ0v) is 15.6. The molecule has 5 heteroatoms. The minimum absolute atomic E-state index is 0. The SMILES string of the molecule is C.CCCCN(C)Cc1ccc2[nH]c(-c3ccnc4nc(C)[nH]c34)cc2c1. The van der Waals surface area contributed by atoms with E-state index >= 15 is 0 Å². The maximum absolute atomic E-state index is 4.44. The zero-order chi connectivity index (χ0) is 18.1. The van der Waals surface area contributed by atoms with E-state index in [9.17, 15) is 0 Å². The number of aromatic amines is 2.